The van der Waals surface area contributed by atoms with E-state index in [2.05, 4.69) is 10.3 Å². The molecule has 1 aromatic heterocycles. The summed E-state index contributed by atoms with van der Waals surface area (Å²) in [6, 6.07) is 1.58. The van der Waals surface area contributed by atoms with Crippen LogP contribution >= 0.6 is 0 Å². The second kappa shape index (κ2) is 5.85. The van der Waals surface area contributed by atoms with E-state index in [9.17, 15) is 8.42 Å². The molecule has 106 valence electrons. The molecule has 1 aliphatic rings. The van der Waals surface area contributed by atoms with E-state index in [1.54, 1.807) is 19.3 Å². The van der Waals surface area contributed by atoms with E-state index in [0.29, 0.717) is 25.4 Å². The number of hydrogen-bond donors (Lipinski definition) is 1. The summed E-state index contributed by atoms with van der Waals surface area (Å²) < 4.78 is 31.8. The van der Waals surface area contributed by atoms with Crippen molar-refractivity contribution in [3.05, 3.63) is 18.5 Å². The number of anilines is 1. The fraction of sp³-hybridized carbons (Fsp3) is 0.583. The zero-order chi connectivity index (χ0) is 13.9. The summed E-state index contributed by atoms with van der Waals surface area (Å²) in [7, 11) is -1.95. The first-order valence-electron chi connectivity index (χ1n) is 6.31. The SMILES string of the molecule is CCNc1ccncc1S(=O)(=O)N(C)C1CCOC1. The van der Waals surface area contributed by atoms with Crippen molar-refractivity contribution < 1.29 is 13.2 Å². The van der Waals surface area contributed by atoms with Crippen LogP contribution < -0.4 is 5.32 Å². The number of nitrogens with zero attached hydrogens (tertiary/aromatic N) is 2. The smallest absolute Gasteiger partial charge is 0.246 e. The Kier molecular flexibility index (Phi) is 4.38. The number of sulfonamides is 1. The van der Waals surface area contributed by atoms with Gasteiger partial charge in [-0.25, -0.2) is 8.42 Å². The van der Waals surface area contributed by atoms with Gasteiger partial charge in [0.25, 0.3) is 0 Å². The summed E-state index contributed by atoms with van der Waals surface area (Å²) in [6.45, 7) is 3.64. The van der Waals surface area contributed by atoms with Crippen LogP contribution in [0.5, 0.6) is 0 Å². The number of pyridine rings is 1. The number of likely N-dealkylation sites (N-methyl/N-ethyl adjacent to an activating group) is 1. The van der Waals surface area contributed by atoms with Gasteiger partial charge in [-0.3, -0.25) is 4.98 Å². The van der Waals surface area contributed by atoms with Gasteiger partial charge >= 0.3 is 0 Å². The average molecular weight is 285 g/mol. The zero-order valence-corrected chi connectivity index (χ0v) is 12.0. The fourth-order valence-corrected chi connectivity index (χ4v) is 3.56. The number of rotatable bonds is 5. The number of aromatic nitrogens is 1. The third kappa shape index (κ3) is 2.88. The number of hydrogen-bond acceptors (Lipinski definition) is 5. The monoisotopic (exact) mass is 285 g/mol. The normalized spacial score (nSPS) is 19.8. The molecule has 1 N–H and O–H groups in total. The molecule has 0 aromatic carbocycles. The van der Waals surface area contributed by atoms with Crippen LogP contribution in [-0.2, 0) is 14.8 Å². The summed E-state index contributed by atoms with van der Waals surface area (Å²) in [5.74, 6) is 0. The van der Waals surface area contributed by atoms with Crippen LogP contribution in [-0.4, -0.2) is 50.6 Å². The standard InChI is InChI=1S/C12H19N3O3S/c1-3-14-11-4-6-13-8-12(11)19(16,17)15(2)10-5-7-18-9-10/h4,6,8,10H,3,5,7,9H2,1-2H3,(H,13,14). The lowest BCUT2D eigenvalue weighted by atomic mass is 10.3. The first-order chi connectivity index (χ1) is 9.07. The molecule has 19 heavy (non-hydrogen) atoms. The van der Waals surface area contributed by atoms with Gasteiger partial charge in [0, 0.05) is 32.6 Å². The van der Waals surface area contributed by atoms with E-state index in [0.717, 1.165) is 6.42 Å². The second-order valence-corrected chi connectivity index (χ2v) is 6.41. The second-order valence-electron chi connectivity index (χ2n) is 4.44. The van der Waals surface area contributed by atoms with Gasteiger partial charge in [-0.2, -0.15) is 4.31 Å². The van der Waals surface area contributed by atoms with Gasteiger partial charge in [-0.1, -0.05) is 0 Å². The van der Waals surface area contributed by atoms with Crippen LogP contribution in [0.4, 0.5) is 5.69 Å². The van der Waals surface area contributed by atoms with E-state index >= 15 is 0 Å². The molecule has 1 fully saturated rings. The van der Waals surface area contributed by atoms with E-state index in [-0.39, 0.29) is 10.9 Å². The number of ether oxygens (including phenoxy) is 1. The zero-order valence-electron chi connectivity index (χ0n) is 11.2. The largest absolute Gasteiger partial charge is 0.384 e. The van der Waals surface area contributed by atoms with Gasteiger partial charge in [0.1, 0.15) is 4.90 Å². The Morgan fingerprint density at radius 3 is 3.00 bits per heavy atom. The molecule has 0 bridgehead atoms. The van der Waals surface area contributed by atoms with Gasteiger partial charge in [0.05, 0.1) is 18.3 Å². The highest BCUT2D eigenvalue weighted by molar-refractivity contribution is 7.89. The molecule has 1 saturated heterocycles. The minimum Gasteiger partial charge on any atom is -0.384 e. The van der Waals surface area contributed by atoms with Crippen LogP contribution in [0.1, 0.15) is 13.3 Å². The highest BCUT2D eigenvalue weighted by Gasteiger charge is 2.32. The first kappa shape index (κ1) is 14.2. The molecule has 6 nitrogen and oxygen atoms in total. The fourth-order valence-electron chi connectivity index (χ4n) is 2.08. The lowest BCUT2D eigenvalue weighted by Gasteiger charge is -2.23. The topological polar surface area (TPSA) is 71.5 Å². The molecule has 0 aliphatic carbocycles. The van der Waals surface area contributed by atoms with E-state index in [4.69, 9.17) is 4.74 Å². The Labute approximate surface area is 113 Å². The van der Waals surface area contributed by atoms with E-state index in [1.165, 1.54) is 10.5 Å². The number of nitrogens with one attached hydrogen (secondary N) is 1. The van der Waals surface area contributed by atoms with Gasteiger partial charge in [-0.05, 0) is 19.4 Å². The van der Waals surface area contributed by atoms with Crippen molar-refractivity contribution in [2.45, 2.75) is 24.3 Å². The van der Waals surface area contributed by atoms with Crippen LogP contribution in [0.2, 0.25) is 0 Å². The minimum absolute atomic E-state index is 0.0975. The summed E-state index contributed by atoms with van der Waals surface area (Å²) >= 11 is 0. The molecule has 2 rings (SSSR count). The maximum Gasteiger partial charge on any atom is 0.246 e. The third-order valence-corrected chi connectivity index (χ3v) is 5.17. The Morgan fingerprint density at radius 1 is 1.58 bits per heavy atom. The summed E-state index contributed by atoms with van der Waals surface area (Å²) in [6.07, 6.45) is 3.70. The lowest BCUT2D eigenvalue weighted by Crippen LogP contribution is -2.37. The highest BCUT2D eigenvalue weighted by Crippen LogP contribution is 2.25. The van der Waals surface area contributed by atoms with Crippen molar-refractivity contribution in [3.63, 3.8) is 0 Å². The predicted molar refractivity (Wildman–Crippen MR) is 72.6 cm³/mol. The minimum atomic E-state index is -3.55. The van der Waals surface area contributed by atoms with Crippen LogP contribution in [0.25, 0.3) is 0 Å². The quantitative estimate of drug-likeness (QED) is 0.871. The van der Waals surface area contributed by atoms with Crippen LogP contribution in [0.3, 0.4) is 0 Å². The Balaban J connectivity index is 2.33. The highest BCUT2D eigenvalue weighted by atomic mass is 32.2. The van der Waals surface area contributed by atoms with Crippen LogP contribution in [0.15, 0.2) is 23.4 Å². The van der Waals surface area contributed by atoms with Crippen molar-refractivity contribution in [1.82, 2.24) is 9.29 Å². The van der Waals surface area contributed by atoms with Gasteiger partial charge in [0.15, 0.2) is 0 Å². The Bertz CT molecular complexity index is 527. The van der Waals surface area contributed by atoms with Gasteiger partial charge in [-0.15, -0.1) is 0 Å². The molecule has 0 radical (unpaired) electrons. The molecular formula is C12H19N3O3S. The molecule has 1 aliphatic heterocycles. The first-order valence-corrected chi connectivity index (χ1v) is 7.75. The van der Waals surface area contributed by atoms with Crippen molar-refractivity contribution in [3.8, 4) is 0 Å². The molecule has 1 unspecified atom stereocenters. The van der Waals surface area contributed by atoms with Crippen molar-refractivity contribution in [2.75, 3.05) is 32.1 Å². The molecule has 1 atom stereocenters. The third-order valence-electron chi connectivity index (χ3n) is 3.23. The van der Waals surface area contributed by atoms with E-state index in [1.807, 2.05) is 6.92 Å². The van der Waals surface area contributed by atoms with Crippen molar-refractivity contribution in [1.29, 1.82) is 0 Å². The molecule has 0 amide bonds. The Hall–Kier alpha value is -1.18. The van der Waals surface area contributed by atoms with E-state index < -0.39 is 10.0 Å². The lowest BCUT2D eigenvalue weighted by molar-refractivity contribution is 0.181. The van der Waals surface area contributed by atoms with Gasteiger partial charge in [0.2, 0.25) is 10.0 Å². The molecule has 2 heterocycles. The summed E-state index contributed by atoms with van der Waals surface area (Å²) in [4.78, 5) is 4.14. The van der Waals surface area contributed by atoms with Crippen molar-refractivity contribution in [2.24, 2.45) is 0 Å². The van der Waals surface area contributed by atoms with Crippen LogP contribution in [0, 0.1) is 0 Å². The Morgan fingerprint density at radius 2 is 2.37 bits per heavy atom. The predicted octanol–water partition coefficient (Wildman–Crippen LogP) is 0.923. The summed E-state index contributed by atoms with van der Waals surface area (Å²) in [5, 5.41) is 3.05. The maximum absolute atomic E-state index is 12.6. The average Bonchev–Trinajstić information content (AvgIpc) is 2.92. The van der Waals surface area contributed by atoms with Crippen molar-refractivity contribution >= 4 is 15.7 Å². The molecule has 1 aromatic rings. The molecule has 7 heteroatoms. The van der Waals surface area contributed by atoms with Gasteiger partial charge < -0.3 is 10.1 Å². The summed E-state index contributed by atoms with van der Waals surface area (Å²) in [5.41, 5.74) is 0.586. The maximum atomic E-state index is 12.6. The molecule has 0 spiro atoms. The molecule has 0 saturated carbocycles. The molecular weight excluding hydrogens is 266 g/mol.